The van der Waals surface area contributed by atoms with Gasteiger partial charge in [0.05, 0.1) is 6.61 Å². The molecule has 0 radical (unpaired) electrons. The molecule has 4 heteroatoms. The van der Waals surface area contributed by atoms with Crippen molar-refractivity contribution in [2.45, 2.75) is 45.8 Å². The number of nitrogens with zero attached hydrogens (tertiary/aromatic N) is 1. The molecule has 0 bridgehead atoms. The van der Waals surface area contributed by atoms with Crippen LogP contribution in [0.3, 0.4) is 0 Å². The Bertz CT molecular complexity index is 439. The van der Waals surface area contributed by atoms with Gasteiger partial charge >= 0.3 is 5.97 Å². The molecule has 0 amide bonds. The number of rotatable bonds is 7. The van der Waals surface area contributed by atoms with Crippen LogP contribution in [0.4, 0.5) is 0 Å². The predicted octanol–water partition coefficient (Wildman–Crippen LogP) is 2.32. The fourth-order valence-electron chi connectivity index (χ4n) is 2.58. The molecule has 1 aromatic rings. The highest BCUT2D eigenvalue weighted by Gasteiger charge is 2.13. The SMILES string of the molecule is CCOC(=O)C(C)NCc1ccc(CN2CCCC2)cc1. The highest BCUT2D eigenvalue weighted by Crippen LogP contribution is 2.13. The fourth-order valence-corrected chi connectivity index (χ4v) is 2.58. The first-order chi connectivity index (χ1) is 10.2. The zero-order valence-corrected chi connectivity index (χ0v) is 13.1. The van der Waals surface area contributed by atoms with E-state index in [9.17, 15) is 4.79 Å². The number of benzene rings is 1. The first kappa shape index (κ1) is 16.0. The summed E-state index contributed by atoms with van der Waals surface area (Å²) in [5, 5.41) is 3.19. The van der Waals surface area contributed by atoms with E-state index in [2.05, 4.69) is 34.5 Å². The summed E-state index contributed by atoms with van der Waals surface area (Å²) in [6.07, 6.45) is 2.65. The third-order valence-corrected chi connectivity index (χ3v) is 3.88. The molecule has 0 aliphatic carbocycles. The van der Waals surface area contributed by atoms with Gasteiger partial charge in [0.25, 0.3) is 0 Å². The molecular weight excluding hydrogens is 264 g/mol. The van der Waals surface area contributed by atoms with Crippen molar-refractivity contribution >= 4 is 5.97 Å². The van der Waals surface area contributed by atoms with Crippen LogP contribution >= 0.6 is 0 Å². The summed E-state index contributed by atoms with van der Waals surface area (Å²) in [5.41, 5.74) is 2.55. The molecule has 0 spiro atoms. The number of esters is 1. The third kappa shape index (κ3) is 5.14. The maximum absolute atomic E-state index is 11.5. The van der Waals surface area contributed by atoms with Gasteiger partial charge in [0.2, 0.25) is 0 Å². The summed E-state index contributed by atoms with van der Waals surface area (Å²) in [4.78, 5) is 14.0. The summed E-state index contributed by atoms with van der Waals surface area (Å²) in [6, 6.07) is 8.37. The van der Waals surface area contributed by atoms with Gasteiger partial charge in [-0.05, 0) is 50.9 Å². The molecule has 116 valence electrons. The third-order valence-electron chi connectivity index (χ3n) is 3.88. The number of ether oxygens (including phenoxy) is 1. The molecule has 1 N–H and O–H groups in total. The fraction of sp³-hybridized carbons (Fsp3) is 0.588. The van der Waals surface area contributed by atoms with Crippen LogP contribution < -0.4 is 5.32 Å². The van der Waals surface area contributed by atoms with E-state index in [0.717, 1.165) is 6.54 Å². The molecule has 21 heavy (non-hydrogen) atoms. The van der Waals surface area contributed by atoms with Crippen LogP contribution in [0.1, 0.15) is 37.8 Å². The minimum atomic E-state index is -0.269. The van der Waals surface area contributed by atoms with Crippen molar-refractivity contribution in [3.63, 3.8) is 0 Å². The Hall–Kier alpha value is -1.39. The largest absolute Gasteiger partial charge is 0.465 e. The molecule has 1 atom stereocenters. The van der Waals surface area contributed by atoms with Crippen LogP contribution in [-0.2, 0) is 22.6 Å². The van der Waals surface area contributed by atoms with E-state index in [-0.39, 0.29) is 12.0 Å². The van der Waals surface area contributed by atoms with Gasteiger partial charge in [0.1, 0.15) is 6.04 Å². The lowest BCUT2D eigenvalue weighted by Gasteiger charge is -2.15. The maximum atomic E-state index is 11.5. The van der Waals surface area contributed by atoms with Gasteiger partial charge in [0, 0.05) is 13.1 Å². The summed E-state index contributed by atoms with van der Waals surface area (Å²) < 4.78 is 4.98. The average molecular weight is 290 g/mol. The van der Waals surface area contributed by atoms with Gasteiger partial charge in [-0.25, -0.2) is 0 Å². The van der Waals surface area contributed by atoms with E-state index in [1.54, 1.807) is 0 Å². The van der Waals surface area contributed by atoms with E-state index < -0.39 is 0 Å². The summed E-state index contributed by atoms with van der Waals surface area (Å²) >= 11 is 0. The van der Waals surface area contributed by atoms with E-state index >= 15 is 0 Å². The van der Waals surface area contributed by atoms with Crippen LogP contribution in [-0.4, -0.2) is 36.6 Å². The molecule has 1 saturated heterocycles. The van der Waals surface area contributed by atoms with Crippen LogP contribution in [0.5, 0.6) is 0 Å². The average Bonchev–Trinajstić information content (AvgIpc) is 2.99. The van der Waals surface area contributed by atoms with E-state index in [1.165, 1.54) is 37.1 Å². The number of hydrogen-bond donors (Lipinski definition) is 1. The van der Waals surface area contributed by atoms with E-state index in [0.29, 0.717) is 13.2 Å². The van der Waals surface area contributed by atoms with Crippen LogP contribution in [0, 0.1) is 0 Å². The highest BCUT2D eigenvalue weighted by atomic mass is 16.5. The predicted molar refractivity (Wildman–Crippen MR) is 83.9 cm³/mol. The van der Waals surface area contributed by atoms with Crippen LogP contribution in [0.15, 0.2) is 24.3 Å². The molecule has 4 nitrogen and oxygen atoms in total. The van der Waals surface area contributed by atoms with E-state index in [4.69, 9.17) is 4.74 Å². The van der Waals surface area contributed by atoms with Crippen molar-refractivity contribution in [3.8, 4) is 0 Å². The molecule has 1 aliphatic heterocycles. The normalized spacial score (nSPS) is 16.9. The standard InChI is InChI=1S/C17H26N2O2/c1-3-21-17(20)14(2)18-12-15-6-8-16(9-7-15)13-19-10-4-5-11-19/h6-9,14,18H,3-5,10-13H2,1-2H3. The van der Waals surface area contributed by atoms with Crippen molar-refractivity contribution in [1.29, 1.82) is 0 Å². The lowest BCUT2D eigenvalue weighted by atomic mass is 10.1. The summed E-state index contributed by atoms with van der Waals surface area (Å²) in [7, 11) is 0. The zero-order chi connectivity index (χ0) is 15.1. The Kier molecular flexibility index (Phi) is 6.21. The van der Waals surface area contributed by atoms with Crippen molar-refractivity contribution in [2.24, 2.45) is 0 Å². The Morgan fingerprint density at radius 3 is 2.48 bits per heavy atom. The number of hydrogen-bond acceptors (Lipinski definition) is 4. The molecule has 1 unspecified atom stereocenters. The van der Waals surface area contributed by atoms with Gasteiger partial charge < -0.3 is 10.1 Å². The molecule has 0 saturated carbocycles. The Morgan fingerprint density at radius 1 is 1.24 bits per heavy atom. The number of carbonyl (C=O) groups excluding carboxylic acids is 1. The van der Waals surface area contributed by atoms with Gasteiger partial charge in [0.15, 0.2) is 0 Å². The number of nitrogens with one attached hydrogen (secondary N) is 1. The number of likely N-dealkylation sites (tertiary alicyclic amines) is 1. The lowest BCUT2D eigenvalue weighted by Crippen LogP contribution is -2.34. The molecule has 1 aliphatic rings. The zero-order valence-electron chi connectivity index (χ0n) is 13.1. The van der Waals surface area contributed by atoms with Crippen molar-refractivity contribution < 1.29 is 9.53 Å². The van der Waals surface area contributed by atoms with Crippen LogP contribution in [0.2, 0.25) is 0 Å². The molecule has 0 aromatic heterocycles. The summed E-state index contributed by atoms with van der Waals surface area (Å²) in [6.45, 7) is 8.26. The van der Waals surface area contributed by atoms with Crippen molar-refractivity contribution in [2.75, 3.05) is 19.7 Å². The smallest absolute Gasteiger partial charge is 0.322 e. The Morgan fingerprint density at radius 2 is 1.86 bits per heavy atom. The van der Waals surface area contributed by atoms with E-state index in [1.807, 2.05) is 13.8 Å². The molecule has 1 heterocycles. The molecule has 1 fully saturated rings. The van der Waals surface area contributed by atoms with Gasteiger partial charge in [-0.3, -0.25) is 9.69 Å². The summed E-state index contributed by atoms with van der Waals surface area (Å²) in [5.74, 6) is -0.192. The van der Waals surface area contributed by atoms with Gasteiger partial charge in [-0.15, -0.1) is 0 Å². The topological polar surface area (TPSA) is 41.6 Å². The van der Waals surface area contributed by atoms with Crippen molar-refractivity contribution in [3.05, 3.63) is 35.4 Å². The first-order valence-corrected chi connectivity index (χ1v) is 7.89. The molecule has 2 rings (SSSR count). The quantitative estimate of drug-likeness (QED) is 0.783. The number of carbonyl (C=O) groups is 1. The molecule has 1 aromatic carbocycles. The second kappa shape index (κ2) is 8.15. The second-order valence-corrected chi connectivity index (χ2v) is 5.65. The van der Waals surface area contributed by atoms with Crippen molar-refractivity contribution in [1.82, 2.24) is 10.2 Å². The Balaban J connectivity index is 1.77. The second-order valence-electron chi connectivity index (χ2n) is 5.65. The monoisotopic (exact) mass is 290 g/mol. The van der Waals surface area contributed by atoms with Crippen LogP contribution in [0.25, 0.3) is 0 Å². The first-order valence-electron chi connectivity index (χ1n) is 7.89. The minimum absolute atomic E-state index is 0.192. The minimum Gasteiger partial charge on any atom is -0.465 e. The Labute approximate surface area is 127 Å². The lowest BCUT2D eigenvalue weighted by molar-refractivity contribution is -0.145. The van der Waals surface area contributed by atoms with Gasteiger partial charge in [-0.2, -0.15) is 0 Å². The van der Waals surface area contributed by atoms with Gasteiger partial charge in [-0.1, -0.05) is 24.3 Å². The highest BCUT2D eigenvalue weighted by molar-refractivity contribution is 5.75. The maximum Gasteiger partial charge on any atom is 0.322 e. The molecular formula is C17H26N2O2.